The van der Waals surface area contributed by atoms with Gasteiger partial charge in [-0.05, 0) is 18.9 Å². The Morgan fingerprint density at radius 3 is 2.24 bits per heavy atom. The van der Waals surface area contributed by atoms with E-state index in [1.165, 1.54) is 12.8 Å². The van der Waals surface area contributed by atoms with Gasteiger partial charge in [-0.25, -0.2) is 8.78 Å². The van der Waals surface area contributed by atoms with Crippen molar-refractivity contribution in [1.82, 2.24) is 0 Å². The lowest BCUT2D eigenvalue weighted by Crippen LogP contribution is -2.25. The number of rotatable bonds is 2. The Balaban J connectivity index is 2.28. The summed E-state index contributed by atoms with van der Waals surface area (Å²) >= 11 is 0. The highest BCUT2D eigenvalue weighted by atomic mass is 19.2. The number of nitrogens with zero attached hydrogens (tertiary/aromatic N) is 1. The number of hydrogen-bond acceptors (Lipinski definition) is 2. The van der Waals surface area contributed by atoms with E-state index in [9.17, 15) is 8.78 Å². The zero-order chi connectivity index (χ0) is 12.3. The van der Waals surface area contributed by atoms with Gasteiger partial charge in [-0.3, -0.25) is 0 Å². The number of anilines is 1. The summed E-state index contributed by atoms with van der Waals surface area (Å²) in [4.78, 5) is 1.94. The standard InChI is InChI=1S/C13H18F2N2/c14-12-10(9-16)5-6-11(13(12)15)17-7-3-1-2-4-8-17/h5-6H,1-4,7-9,16H2. The van der Waals surface area contributed by atoms with E-state index in [1.54, 1.807) is 12.1 Å². The molecule has 1 aliphatic heterocycles. The molecule has 1 aromatic rings. The Bertz CT molecular complexity index is 385. The molecule has 0 unspecified atom stereocenters. The fraction of sp³-hybridized carbons (Fsp3) is 0.538. The topological polar surface area (TPSA) is 29.3 Å². The second-order valence-corrected chi connectivity index (χ2v) is 4.48. The van der Waals surface area contributed by atoms with Gasteiger partial charge < -0.3 is 10.6 Å². The van der Waals surface area contributed by atoms with Crippen LogP contribution in [0.5, 0.6) is 0 Å². The third-order valence-corrected chi connectivity index (χ3v) is 3.31. The molecule has 1 fully saturated rings. The van der Waals surface area contributed by atoms with Crippen molar-refractivity contribution in [2.75, 3.05) is 18.0 Å². The van der Waals surface area contributed by atoms with Gasteiger partial charge in [0.2, 0.25) is 0 Å². The molecule has 2 nitrogen and oxygen atoms in total. The summed E-state index contributed by atoms with van der Waals surface area (Å²) in [6.45, 7) is 1.64. The highest BCUT2D eigenvalue weighted by Gasteiger charge is 2.18. The minimum absolute atomic E-state index is 0.0308. The largest absolute Gasteiger partial charge is 0.369 e. The lowest BCUT2D eigenvalue weighted by molar-refractivity contribution is 0.497. The van der Waals surface area contributed by atoms with Gasteiger partial charge in [-0.2, -0.15) is 0 Å². The summed E-state index contributed by atoms with van der Waals surface area (Å²) < 4.78 is 27.5. The molecular weight excluding hydrogens is 222 g/mol. The Labute approximate surface area is 100 Å². The second kappa shape index (κ2) is 5.45. The van der Waals surface area contributed by atoms with Gasteiger partial charge in [0.15, 0.2) is 11.6 Å². The van der Waals surface area contributed by atoms with Gasteiger partial charge in [0.25, 0.3) is 0 Å². The minimum atomic E-state index is -0.797. The van der Waals surface area contributed by atoms with Crippen LogP contribution < -0.4 is 10.6 Å². The smallest absolute Gasteiger partial charge is 0.182 e. The maximum absolute atomic E-state index is 13.9. The van der Waals surface area contributed by atoms with Crippen LogP contribution >= 0.6 is 0 Å². The SMILES string of the molecule is NCc1ccc(N2CCCCCC2)c(F)c1F. The maximum atomic E-state index is 13.9. The summed E-state index contributed by atoms with van der Waals surface area (Å²) in [5.74, 6) is -1.55. The van der Waals surface area contributed by atoms with Gasteiger partial charge in [-0.1, -0.05) is 18.9 Å². The Hall–Kier alpha value is -1.16. The molecule has 2 rings (SSSR count). The molecule has 0 saturated carbocycles. The third kappa shape index (κ3) is 2.57. The second-order valence-electron chi connectivity index (χ2n) is 4.48. The monoisotopic (exact) mass is 240 g/mol. The Morgan fingerprint density at radius 2 is 1.65 bits per heavy atom. The van der Waals surface area contributed by atoms with Crippen LogP contribution in [0.3, 0.4) is 0 Å². The van der Waals surface area contributed by atoms with Crippen molar-refractivity contribution in [2.45, 2.75) is 32.2 Å². The molecule has 1 aliphatic rings. The number of hydrogen-bond donors (Lipinski definition) is 1. The molecule has 0 radical (unpaired) electrons. The zero-order valence-corrected chi connectivity index (χ0v) is 9.88. The van der Waals surface area contributed by atoms with E-state index in [0.717, 1.165) is 25.9 Å². The van der Waals surface area contributed by atoms with E-state index in [0.29, 0.717) is 5.69 Å². The average molecular weight is 240 g/mol. The van der Waals surface area contributed by atoms with Crippen molar-refractivity contribution in [3.8, 4) is 0 Å². The van der Waals surface area contributed by atoms with E-state index in [2.05, 4.69) is 0 Å². The quantitative estimate of drug-likeness (QED) is 0.861. The van der Waals surface area contributed by atoms with Crippen molar-refractivity contribution in [2.24, 2.45) is 5.73 Å². The van der Waals surface area contributed by atoms with Crippen LogP contribution in [0.4, 0.5) is 14.5 Å². The normalized spacial score (nSPS) is 17.0. The Morgan fingerprint density at radius 1 is 1.00 bits per heavy atom. The van der Waals surface area contributed by atoms with Crippen LogP contribution in [0, 0.1) is 11.6 Å². The van der Waals surface area contributed by atoms with Crippen LogP contribution in [0.2, 0.25) is 0 Å². The van der Waals surface area contributed by atoms with Gasteiger partial charge in [0, 0.05) is 25.2 Å². The van der Waals surface area contributed by atoms with E-state index in [-0.39, 0.29) is 12.1 Å². The zero-order valence-electron chi connectivity index (χ0n) is 9.88. The van der Waals surface area contributed by atoms with Crippen LogP contribution in [-0.2, 0) is 6.54 Å². The van der Waals surface area contributed by atoms with Crippen LogP contribution in [-0.4, -0.2) is 13.1 Å². The molecule has 17 heavy (non-hydrogen) atoms. The van der Waals surface area contributed by atoms with E-state index >= 15 is 0 Å². The first kappa shape index (κ1) is 12.3. The first-order chi connectivity index (χ1) is 8.24. The van der Waals surface area contributed by atoms with Crippen LogP contribution in [0.15, 0.2) is 12.1 Å². The van der Waals surface area contributed by atoms with Crippen molar-refractivity contribution in [1.29, 1.82) is 0 Å². The molecule has 2 N–H and O–H groups in total. The van der Waals surface area contributed by atoms with Crippen molar-refractivity contribution in [3.63, 3.8) is 0 Å². The number of nitrogens with two attached hydrogens (primary N) is 1. The van der Waals surface area contributed by atoms with E-state index < -0.39 is 11.6 Å². The lowest BCUT2D eigenvalue weighted by Gasteiger charge is -2.23. The molecule has 1 aromatic carbocycles. The summed E-state index contributed by atoms with van der Waals surface area (Å²) in [5.41, 5.74) is 5.97. The molecule has 0 atom stereocenters. The predicted molar refractivity (Wildman–Crippen MR) is 64.9 cm³/mol. The van der Waals surface area contributed by atoms with E-state index in [4.69, 9.17) is 5.73 Å². The van der Waals surface area contributed by atoms with Crippen molar-refractivity contribution < 1.29 is 8.78 Å². The number of benzene rings is 1. The van der Waals surface area contributed by atoms with Crippen LogP contribution in [0.1, 0.15) is 31.2 Å². The highest BCUT2D eigenvalue weighted by molar-refractivity contribution is 5.50. The molecule has 0 amide bonds. The Kier molecular flexibility index (Phi) is 3.94. The molecule has 0 aliphatic carbocycles. The van der Waals surface area contributed by atoms with Gasteiger partial charge in [-0.15, -0.1) is 0 Å². The third-order valence-electron chi connectivity index (χ3n) is 3.31. The molecule has 1 saturated heterocycles. The predicted octanol–water partition coefficient (Wildman–Crippen LogP) is 2.80. The van der Waals surface area contributed by atoms with Gasteiger partial charge in [0.1, 0.15) is 0 Å². The van der Waals surface area contributed by atoms with Gasteiger partial charge in [0.05, 0.1) is 5.69 Å². The fourth-order valence-electron chi connectivity index (χ4n) is 2.29. The molecule has 0 bridgehead atoms. The van der Waals surface area contributed by atoms with Crippen molar-refractivity contribution >= 4 is 5.69 Å². The molecule has 4 heteroatoms. The van der Waals surface area contributed by atoms with Crippen molar-refractivity contribution in [3.05, 3.63) is 29.3 Å². The summed E-state index contributed by atoms with van der Waals surface area (Å²) in [7, 11) is 0. The van der Waals surface area contributed by atoms with E-state index in [1.807, 2.05) is 4.90 Å². The minimum Gasteiger partial charge on any atom is -0.369 e. The summed E-state index contributed by atoms with van der Waals surface area (Å²) in [6.07, 6.45) is 4.42. The molecule has 0 aromatic heterocycles. The molecular formula is C13H18F2N2. The maximum Gasteiger partial charge on any atom is 0.182 e. The molecule has 1 heterocycles. The molecule has 0 spiro atoms. The fourth-order valence-corrected chi connectivity index (χ4v) is 2.29. The average Bonchev–Trinajstić information content (AvgIpc) is 2.61. The lowest BCUT2D eigenvalue weighted by atomic mass is 10.1. The summed E-state index contributed by atoms with van der Waals surface area (Å²) in [5, 5.41) is 0. The first-order valence-corrected chi connectivity index (χ1v) is 6.16. The van der Waals surface area contributed by atoms with Crippen LogP contribution in [0.25, 0.3) is 0 Å². The van der Waals surface area contributed by atoms with Gasteiger partial charge >= 0.3 is 0 Å². The first-order valence-electron chi connectivity index (χ1n) is 6.16. The molecule has 94 valence electrons. The highest BCUT2D eigenvalue weighted by Crippen LogP contribution is 2.26. The summed E-state index contributed by atoms with van der Waals surface area (Å²) in [6, 6.07) is 3.23. The number of halogens is 2.